The van der Waals surface area contributed by atoms with Crippen molar-refractivity contribution in [3.05, 3.63) is 66.4 Å². The van der Waals surface area contributed by atoms with Crippen molar-refractivity contribution in [1.82, 2.24) is 4.98 Å². The standard InChI is InChI=1S/C16H13NO2.Na/c18-14-5-3-6-15(10-14)19-11-13-9-8-12-4-1-2-7-16(12)17-13;/h1-10,18H,11H2;/q;+1/p-1. The summed E-state index contributed by atoms with van der Waals surface area (Å²) >= 11 is 0. The zero-order valence-corrected chi connectivity index (χ0v) is 13.2. The van der Waals surface area contributed by atoms with E-state index in [1.165, 1.54) is 12.1 Å². The van der Waals surface area contributed by atoms with Gasteiger partial charge in [0.2, 0.25) is 0 Å². The van der Waals surface area contributed by atoms with E-state index in [1.54, 1.807) is 12.1 Å². The summed E-state index contributed by atoms with van der Waals surface area (Å²) in [4.78, 5) is 4.51. The molecule has 3 rings (SSSR count). The molecule has 0 fully saturated rings. The summed E-state index contributed by atoms with van der Waals surface area (Å²) in [6.07, 6.45) is 0. The molecule has 20 heavy (non-hydrogen) atoms. The Morgan fingerprint density at radius 3 is 2.65 bits per heavy atom. The number of pyridine rings is 1. The van der Waals surface area contributed by atoms with Crippen molar-refractivity contribution in [2.24, 2.45) is 0 Å². The van der Waals surface area contributed by atoms with Crippen LogP contribution in [0.3, 0.4) is 0 Å². The van der Waals surface area contributed by atoms with Crippen molar-refractivity contribution in [3.63, 3.8) is 0 Å². The third kappa shape index (κ3) is 3.51. The molecule has 3 aromatic rings. The van der Waals surface area contributed by atoms with E-state index in [4.69, 9.17) is 4.74 Å². The van der Waals surface area contributed by atoms with Crippen LogP contribution in [0, 0.1) is 0 Å². The molecule has 0 saturated heterocycles. The Morgan fingerprint density at radius 2 is 1.80 bits per heavy atom. The van der Waals surface area contributed by atoms with E-state index < -0.39 is 0 Å². The topological polar surface area (TPSA) is 45.2 Å². The van der Waals surface area contributed by atoms with E-state index in [2.05, 4.69) is 4.98 Å². The maximum absolute atomic E-state index is 11.2. The van der Waals surface area contributed by atoms with E-state index in [1.807, 2.05) is 36.4 Å². The van der Waals surface area contributed by atoms with Gasteiger partial charge >= 0.3 is 29.6 Å². The molecule has 0 N–H and O–H groups in total. The van der Waals surface area contributed by atoms with E-state index in [0.29, 0.717) is 12.4 Å². The molecule has 0 atom stereocenters. The molecule has 0 saturated carbocycles. The minimum Gasteiger partial charge on any atom is -0.872 e. The number of hydrogen-bond acceptors (Lipinski definition) is 3. The van der Waals surface area contributed by atoms with Gasteiger partial charge in [-0.2, -0.15) is 0 Å². The predicted molar refractivity (Wildman–Crippen MR) is 72.0 cm³/mol. The van der Waals surface area contributed by atoms with Crippen molar-refractivity contribution in [1.29, 1.82) is 0 Å². The molecule has 1 aromatic heterocycles. The Hall–Kier alpha value is -1.55. The first kappa shape index (κ1) is 14.9. The van der Waals surface area contributed by atoms with Gasteiger partial charge in [-0.25, -0.2) is 4.98 Å². The number of nitrogens with zero attached hydrogens (tertiary/aromatic N) is 1. The average Bonchev–Trinajstić information content (AvgIpc) is 2.45. The SMILES string of the molecule is [Na+].[O-]c1cccc(OCc2ccc3ccccc3n2)c1. The molecule has 0 bridgehead atoms. The van der Waals surface area contributed by atoms with Crippen LogP contribution >= 0.6 is 0 Å². The zero-order chi connectivity index (χ0) is 13.1. The zero-order valence-electron chi connectivity index (χ0n) is 11.2. The van der Waals surface area contributed by atoms with Crippen LogP contribution in [0.5, 0.6) is 11.5 Å². The second-order valence-corrected chi connectivity index (χ2v) is 4.26. The fourth-order valence-corrected chi connectivity index (χ4v) is 1.91. The van der Waals surface area contributed by atoms with Crippen LogP contribution in [0.4, 0.5) is 0 Å². The quantitative estimate of drug-likeness (QED) is 0.626. The monoisotopic (exact) mass is 273 g/mol. The first-order chi connectivity index (χ1) is 9.31. The van der Waals surface area contributed by atoms with Gasteiger partial charge in [0.15, 0.2) is 0 Å². The van der Waals surface area contributed by atoms with Crippen LogP contribution in [0.25, 0.3) is 10.9 Å². The van der Waals surface area contributed by atoms with Gasteiger partial charge < -0.3 is 9.84 Å². The van der Waals surface area contributed by atoms with Gasteiger partial charge in [0.1, 0.15) is 12.4 Å². The largest absolute Gasteiger partial charge is 1.00 e. The summed E-state index contributed by atoms with van der Waals surface area (Å²) in [5, 5.41) is 12.3. The summed E-state index contributed by atoms with van der Waals surface area (Å²) in [6, 6.07) is 18.3. The molecule has 0 spiro atoms. The Bertz CT molecular complexity index is 715. The number of para-hydroxylation sites is 1. The van der Waals surface area contributed by atoms with Crippen LogP contribution in [-0.4, -0.2) is 4.98 Å². The molecule has 1 heterocycles. The molecule has 94 valence electrons. The first-order valence-electron chi connectivity index (χ1n) is 6.06. The summed E-state index contributed by atoms with van der Waals surface area (Å²) in [6.45, 7) is 0.355. The molecule has 0 amide bonds. The van der Waals surface area contributed by atoms with Crippen LogP contribution in [0.15, 0.2) is 60.7 Å². The van der Waals surface area contributed by atoms with Crippen LogP contribution in [0.2, 0.25) is 0 Å². The van der Waals surface area contributed by atoms with Crippen molar-refractivity contribution < 1.29 is 39.4 Å². The predicted octanol–water partition coefficient (Wildman–Crippen LogP) is -0.109. The second kappa shape index (κ2) is 6.75. The van der Waals surface area contributed by atoms with Crippen molar-refractivity contribution >= 4 is 10.9 Å². The number of fused-ring (bicyclic) bond motifs is 1. The number of aromatic nitrogens is 1. The van der Waals surface area contributed by atoms with Gasteiger partial charge in [-0.15, -0.1) is 5.75 Å². The Labute approximate surface area is 139 Å². The third-order valence-electron chi connectivity index (χ3n) is 2.85. The molecule has 3 nitrogen and oxygen atoms in total. The Balaban J connectivity index is 0.00000147. The summed E-state index contributed by atoms with van der Waals surface area (Å²) in [7, 11) is 0. The normalized spacial score (nSPS) is 10.0. The summed E-state index contributed by atoms with van der Waals surface area (Å²) in [5.41, 5.74) is 1.79. The molecule has 0 unspecified atom stereocenters. The van der Waals surface area contributed by atoms with Gasteiger partial charge in [-0.3, -0.25) is 0 Å². The number of benzene rings is 2. The average molecular weight is 273 g/mol. The molecular formula is C16H12NNaO2. The first-order valence-corrected chi connectivity index (χ1v) is 6.06. The van der Waals surface area contributed by atoms with E-state index in [-0.39, 0.29) is 35.3 Å². The Kier molecular flexibility index (Phi) is 5.01. The summed E-state index contributed by atoms with van der Waals surface area (Å²) < 4.78 is 5.56. The van der Waals surface area contributed by atoms with Crippen LogP contribution < -0.4 is 39.4 Å². The van der Waals surface area contributed by atoms with E-state index in [0.717, 1.165) is 16.6 Å². The van der Waals surface area contributed by atoms with Crippen molar-refractivity contribution in [2.45, 2.75) is 6.61 Å². The minimum atomic E-state index is -0.0519. The number of ether oxygens (including phenoxy) is 1. The molecule has 0 aliphatic rings. The fraction of sp³-hybridized carbons (Fsp3) is 0.0625. The molecule has 0 aliphatic carbocycles. The maximum Gasteiger partial charge on any atom is 1.00 e. The summed E-state index contributed by atoms with van der Waals surface area (Å²) in [5.74, 6) is 0.520. The van der Waals surface area contributed by atoms with Crippen LogP contribution in [0.1, 0.15) is 5.69 Å². The third-order valence-corrected chi connectivity index (χ3v) is 2.85. The second-order valence-electron chi connectivity index (χ2n) is 4.26. The number of rotatable bonds is 3. The van der Waals surface area contributed by atoms with Gasteiger partial charge in [0.05, 0.1) is 11.2 Å². The molecule has 0 aliphatic heterocycles. The van der Waals surface area contributed by atoms with Crippen molar-refractivity contribution in [2.75, 3.05) is 0 Å². The van der Waals surface area contributed by atoms with Gasteiger partial charge in [0.25, 0.3) is 0 Å². The number of hydrogen-bond donors (Lipinski definition) is 0. The molecule has 0 radical (unpaired) electrons. The molecule has 4 heteroatoms. The van der Waals surface area contributed by atoms with Crippen LogP contribution in [-0.2, 0) is 6.61 Å². The fourth-order valence-electron chi connectivity index (χ4n) is 1.91. The molecule has 2 aromatic carbocycles. The van der Waals surface area contributed by atoms with Gasteiger partial charge in [0, 0.05) is 5.39 Å². The van der Waals surface area contributed by atoms with E-state index >= 15 is 0 Å². The van der Waals surface area contributed by atoms with Gasteiger partial charge in [-0.1, -0.05) is 36.4 Å². The maximum atomic E-state index is 11.2. The van der Waals surface area contributed by atoms with E-state index in [9.17, 15) is 5.11 Å². The minimum absolute atomic E-state index is 0. The molecular weight excluding hydrogens is 261 g/mol. The van der Waals surface area contributed by atoms with Crippen molar-refractivity contribution in [3.8, 4) is 11.5 Å². The Morgan fingerprint density at radius 1 is 0.950 bits per heavy atom. The smallest absolute Gasteiger partial charge is 0.872 e. The van der Waals surface area contributed by atoms with Gasteiger partial charge in [-0.05, 0) is 24.3 Å².